The molecule has 4 rings (SSSR count). The number of carbonyl (C=O) groups excluding carboxylic acids is 1. The summed E-state index contributed by atoms with van der Waals surface area (Å²) in [5.41, 5.74) is 1.54. The van der Waals surface area contributed by atoms with E-state index < -0.39 is 0 Å². The highest BCUT2D eigenvalue weighted by Crippen LogP contribution is 2.32. The number of rotatable bonds is 5. The first-order chi connectivity index (χ1) is 14.1. The van der Waals surface area contributed by atoms with Crippen LogP contribution in [0.15, 0.2) is 75.0 Å². The van der Waals surface area contributed by atoms with Crippen LogP contribution in [0.3, 0.4) is 0 Å². The summed E-state index contributed by atoms with van der Waals surface area (Å²) in [7, 11) is 0. The molecular formula is C22H17ClN2O3S. The van der Waals surface area contributed by atoms with Crippen LogP contribution in [0.4, 0.5) is 5.69 Å². The molecule has 1 N–H and O–H groups in total. The summed E-state index contributed by atoms with van der Waals surface area (Å²) in [5, 5.41) is 3.90. The van der Waals surface area contributed by atoms with Crippen molar-refractivity contribution in [1.29, 1.82) is 0 Å². The van der Waals surface area contributed by atoms with Crippen LogP contribution in [0.1, 0.15) is 12.7 Å². The summed E-state index contributed by atoms with van der Waals surface area (Å²) < 4.78 is 11.3. The second-order valence-electron chi connectivity index (χ2n) is 6.09. The number of halogens is 1. The summed E-state index contributed by atoms with van der Waals surface area (Å²) >= 11 is 7.48. The molecule has 0 atom stereocenters. The van der Waals surface area contributed by atoms with Gasteiger partial charge in [0, 0.05) is 11.6 Å². The van der Waals surface area contributed by atoms with E-state index in [0.29, 0.717) is 33.2 Å². The largest absolute Gasteiger partial charge is 0.494 e. The Morgan fingerprint density at radius 2 is 1.93 bits per heavy atom. The molecule has 1 saturated heterocycles. The fourth-order valence-electron chi connectivity index (χ4n) is 2.75. The fourth-order valence-corrected chi connectivity index (χ4v) is 3.80. The number of carbonyl (C=O) groups is 1. The van der Waals surface area contributed by atoms with Crippen LogP contribution in [0.2, 0.25) is 5.02 Å². The van der Waals surface area contributed by atoms with Crippen molar-refractivity contribution in [2.24, 2.45) is 4.99 Å². The normalized spacial score (nSPS) is 16.4. The molecule has 3 aromatic rings. The Labute approximate surface area is 177 Å². The summed E-state index contributed by atoms with van der Waals surface area (Å²) in [5.74, 6) is 1.79. The van der Waals surface area contributed by atoms with E-state index in [0.717, 1.165) is 17.0 Å². The predicted molar refractivity (Wildman–Crippen MR) is 118 cm³/mol. The first-order valence-electron chi connectivity index (χ1n) is 8.99. The van der Waals surface area contributed by atoms with Crippen molar-refractivity contribution in [3.8, 4) is 17.1 Å². The molecule has 0 saturated carbocycles. The van der Waals surface area contributed by atoms with Crippen molar-refractivity contribution < 1.29 is 13.9 Å². The van der Waals surface area contributed by atoms with Crippen LogP contribution in [0, 0.1) is 0 Å². The van der Waals surface area contributed by atoms with Crippen LogP contribution in [-0.4, -0.2) is 17.7 Å². The number of benzene rings is 2. The van der Waals surface area contributed by atoms with E-state index in [1.807, 2.05) is 61.5 Å². The minimum atomic E-state index is -0.213. The van der Waals surface area contributed by atoms with Gasteiger partial charge in [-0.3, -0.25) is 4.79 Å². The summed E-state index contributed by atoms with van der Waals surface area (Å²) in [6, 6.07) is 18.5. The lowest BCUT2D eigenvalue weighted by atomic mass is 10.2. The minimum Gasteiger partial charge on any atom is -0.494 e. The molecule has 1 aliphatic rings. The third-order valence-electron chi connectivity index (χ3n) is 4.07. The number of ether oxygens (including phenoxy) is 1. The standard InChI is InChI=1S/C22H17ClN2O3S/c1-2-27-15-9-7-14(8-10-15)24-22-25-21(26)20(29-22)13-16-11-12-19(28-16)17-5-3-4-6-18(17)23/h3-13H,2H2,1H3,(H,24,25,26)/b20-13+. The first-order valence-corrected chi connectivity index (χ1v) is 10.2. The number of amidine groups is 1. The summed E-state index contributed by atoms with van der Waals surface area (Å²) in [6.45, 7) is 2.54. The zero-order chi connectivity index (χ0) is 20.2. The molecule has 1 aromatic heterocycles. The smallest absolute Gasteiger partial charge is 0.264 e. The molecule has 5 nitrogen and oxygen atoms in total. The molecule has 0 radical (unpaired) electrons. The molecule has 1 amide bonds. The SMILES string of the molecule is CCOc1ccc(N=C2NC(=O)/C(=C\c3ccc(-c4ccccc4Cl)o3)S2)cc1. The zero-order valence-corrected chi connectivity index (χ0v) is 17.1. The van der Waals surface area contributed by atoms with Gasteiger partial charge in [-0.1, -0.05) is 23.7 Å². The Bertz CT molecular complexity index is 1100. The van der Waals surface area contributed by atoms with E-state index in [9.17, 15) is 4.79 Å². The van der Waals surface area contributed by atoms with Crippen molar-refractivity contribution in [2.45, 2.75) is 6.92 Å². The van der Waals surface area contributed by atoms with Gasteiger partial charge in [0.2, 0.25) is 0 Å². The maximum Gasteiger partial charge on any atom is 0.264 e. The number of nitrogens with one attached hydrogen (secondary N) is 1. The Hall–Kier alpha value is -2.96. The predicted octanol–water partition coefficient (Wildman–Crippen LogP) is 5.89. The highest BCUT2D eigenvalue weighted by atomic mass is 35.5. The lowest BCUT2D eigenvalue weighted by molar-refractivity contribution is -0.115. The average molecular weight is 425 g/mol. The molecule has 2 aromatic carbocycles. The summed E-state index contributed by atoms with van der Waals surface area (Å²) in [6.07, 6.45) is 1.70. The molecule has 0 spiro atoms. The maximum absolute atomic E-state index is 12.3. The second kappa shape index (κ2) is 8.59. The molecule has 146 valence electrons. The second-order valence-corrected chi connectivity index (χ2v) is 7.53. The van der Waals surface area contributed by atoms with E-state index in [2.05, 4.69) is 10.3 Å². The van der Waals surface area contributed by atoms with Crippen LogP contribution in [0.5, 0.6) is 5.75 Å². The van der Waals surface area contributed by atoms with Gasteiger partial charge in [-0.15, -0.1) is 0 Å². The van der Waals surface area contributed by atoms with E-state index >= 15 is 0 Å². The van der Waals surface area contributed by atoms with Gasteiger partial charge in [-0.05, 0) is 67.2 Å². The van der Waals surface area contributed by atoms with Gasteiger partial charge >= 0.3 is 0 Å². The zero-order valence-electron chi connectivity index (χ0n) is 15.5. The molecule has 0 unspecified atom stereocenters. The van der Waals surface area contributed by atoms with Crippen LogP contribution >= 0.6 is 23.4 Å². The molecule has 1 aliphatic heterocycles. The summed E-state index contributed by atoms with van der Waals surface area (Å²) in [4.78, 5) is 17.3. The monoisotopic (exact) mass is 424 g/mol. The fraction of sp³-hybridized carbons (Fsp3) is 0.0909. The van der Waals surface area contributed by atoms with Gasteiger partial charge in [0.05, 0.1) is 22.2 Å². The van der Waals surface area contributed by atoms with Gasteiger partial charge in [-0.2, -0.15) is 0 Å². The number of hydrogen-bond donors (Lipinski definition) is 1. The molecule has 1 fully saturated rings. The molecule has 29 heavy (non-hydrogen) atoms. The van der Waals surface area contributed by atoms with E-state index in [1.54, 1.807) is 12.1 Å². The average Bonchev–Trinajstić information content (AvgIpc) is 3.31. The van der Waals surface area contributed by atoms with Gasteiger partial charge < -0.3 is 14.5 Å². The quantitative estimate of drug-likeness (QED) is 0.518. The Morgan fingerprint density at radius 3 is 2.69 bits per heavy atom. The number of nitrogens with zero attached hydrogens (tertiary/aromatic N) is 1. The van der Waals surface area contributed by atoms with Crippen molar-refractivity contribution in [3.63, 3.8) is 0 Å². The van der Waals surface area contributed by atoms with E-state index in [4.69, 9.17) is 20.8 Å². The molecule has 0 aliphatic carbocycles. The highest BCUT2D eigenvalue weighted by molar-refractivity contribution is 8.18. The lowest BCUT2D eigenvalue weighted by Gasteiger charge is -2.02. The molecule has 2 heterocycles. The van der Waals surface area contributed by atoms with Crippen molar-refractivity contribution >= 4 is 46.2 Å². The number of thioether (sulfide) groups is 1. The van der Waals surface area contributed by atoms with Gasteiger partial charge in [0.15, 0.2) is 5.17 Å². The number of amides is 1. The lowest BCUT2D eigenvalue weighted by Crippen LogP contribution is -2.19. The first kappa shape index (κ1) is 19.4. The molecular weight excluding hydrogens is 408 g/mol. The van der Waals surface area contributed by atoms with E-state index in [1.165, 1.54) is 11.8 Å². The molecule has 7 heteroatoms. The highest BCUT2D eigenvalue weighted by Gasteiger charge is 2.24. The van der Waals surface area contributed by atoms with Crippen molar-refractivity contribution in [3.05, 3.63) is 76.4 Å². The third kappa shape index (κ3) is 4.55. The van der Waals surface area contributed by atoms with E-state index in [-0.39, 0.29) is 5.91 Å². The topological polar surface area (TPSA) is 63.8 Å². The molecule has 0 bridgehead atoms. The number of furan rings is 1. The maximum atomic E-state index is 12.3. The Morgan fingerprint density at radius 1 is 1.14 bits per heavy atom. The van der Waals surface area contributed by atoms with Crippen LogP contribution in [-0.2, 0) is 4.79 Å². The van der Waals surface area contributed by atoms with Crippen molar-refractivity contribution in [2.75, 3.05) is 6.61 Å². The Balaban J connectivity index is 1.51. The van der Waals surface area contributed by atoms with Gasteiger partial charge in [0.25, 0.3) is 5.91 Å². The van der Waals surface area contributed by atoms with Crippen LogP contribution < -0.4 is 10.1 Å². The Kier molecular flexibility index (Phi) is 5.74. The van der Waals surface area contributed by atoms with Gasteiger partial charge in [0.1, 0.15) is 17.3 Å². The third-order valence-corrected chi connectivity index (χ3v) is 5.31. The number of aliphatic imine (C=N–C) groups is 1. The number of hydrogen-bond acceptors (Lipinski definition) is 5. The van der Waals surface area contributed by atoms with Gasteiger partial charge in [-0.25, -0.2) is 4.99 Å². The minimum absolute atomic E-state index is 0.213. The van der Waals surface area contributed by atoms with Crippen LogP contribution in [0.25, 0.3) is 17.4 Å². The van der Waals surface area contributed by atoms with Crippen molar-refractivity contribution in [1.82, 2.24) is 5.32 Å².